The molecule has 1 saturated carbocycles. The molecular weight excluding hydrogens is 392 g/mol. The van der Waals surface area contributed by atoms with Gasteiger partial charge in [-0.2, -0.15) is 0 Å². The Morgan fingerprint density at radius 3 is 2.59 bits per heavy atom. The van der Waals surface area contributed by atoms with E-state index in [4.69, 9.17) is 0 Å². The lowest BCUT2D eigenvalue weighted by Gasteiger charge is -2.51. The molecule has 1 fully saturated rings. The van der Waals surface area contributed by atoms with Crippen LogP contribution in [0.5, 0.6) is 5.75 Å². The highest BCUT2D eigenvalue weighted by Crippen LogP contribution is 2.62. The largest absolute Gasteiger partial charge is 0.508 e. The van der Waals surface area contributed by atoms with Gasteiger partial charge in [0.25, 0.3) is 0 Å². The first kappa shape index (κ1) is 21.8. The lowest BCUT2D eigenvalue weighted by Crippen LogP contribution is -2.43. The summed E-state index contributed by atoms with van der Waals surface area (Å²) in [5.74, 6) is 1.12. The smallest absolute Gasteiger partial charge is 0.115 e. The molecule has 3 aliphatic carbocycles. The van der Waals surface area contributed by atoms with Crippen molar-refractivity contribution in [2.24, 2.45) is 11.3 Å². The van der Waals surface area contributed by atoms with Crippen molar-refractivity contribution in [3.63, 3.8) is 0 Å². The Balaban J connectivity index is 1.62. The molecule has 0 heterocycles. The van der Waals surface area contributed by atoms with Crippen LogP contribution in [-0.2, 0) is 18.3 Å². The summed E-state index contributed by atoms with van der Waals surface area (Å²) in [7, 11) is 0. The summed E-state index contributed by atoms with van der Waals surface area (Å²) in [6, 6.07) is 17.0. The zero-order chi connectivity index (χ0) is 22.3. The number of rotatable bonds is 6. The van der Waals surface area contributed by atoms with Crippen LogP contribution < -0.4 is 0 Å². The Bertz CT molecular complexity index is 1000. The van der Waals surface area contributed by atoms with Gasteiger partial charge in [0, 0.05) is 5.41 Å². The molecule has 0 bridgehead atoms. The number of phenolic OH excluding ortho intramolecular Hbond substituents is 1. The van der Waals surface area contributed by atoms with E-state index < -0.39 is 0 Å². The van der Waals surface area contributed by atoms with E-state index in [9.17, 15) is 10.2 Å². The van der Waals surface area contributed by atoms with Crippen molar-refractivity contribution in [3.05, 3.63) is 76.4 Å². The van der Waals surface area contributed by atoms with Crippen molar-refractivity contribution in [1.29, 1.82) is 0 Å². The summed E-state index contributed by atoms with van der Waals surface area (Å²) in [6.45, 7) is 4.64. The third-order valence-electron chi connectivity index (χ3n) is 8.71. The minimum atomic E-state index is -0.190. The predicted molar refractivity (Wildman–Crippen MR) is 131 cm³/mol. The van der Waals surface area contributed by atoms with Crippen LogP contribution in [0.15, 0.2) is 59.7 Å². The fourth-order valence-electron chi connectivity index (χ4n) is 7.35. The molecule has 2 N–H and O–H groups in total. The first-order valence-corrected chi connectivity index (χ1v) is 12.7. The fourth-order valence-corrected chi connectivity index (χ4v) is 7.35. The molecule has 0 unspecified atom stereocenters. The summed E-state index contributed by atoms with van der Waals surface area (Å²) in [6.07, 6.45) is 10.8. The normalized spacial score (nSPS) is 29.1. The number of aromatic hydroxyl groups is 1. The molecular formula is C30H38O2. The van der Waals surface area contributed by atoms with Gasteiger partial charge in [0.1, 0.15) is 5.75 Å². The van der Waals surface area contributed by atoms with Gasteiger partial charge in [-0.25, -0.2) is 0 Å². The Labute approximate surface area is 193 Å². The lowest BCUT2D eigenvalue weighted by molar-refractivity contribution is 0.141. The quantitative estimate of drug-likeness (QED) is 0.491. The second-order valence-electron chi connectivity index (χ2n) is 11.2. The van der Waals surface area contributed by atoms with E-state index in [-0.39, 0.29) is 16.9 Å². The molecule has 170 valence electrons. The Morgan fingerprint density at radius 2 is 1.81 bits per heavy atom. The maximum absolute atomic E-state index is 10.9. The Kier molecular flexibility index (Phi) is 5.70. The molecule has 3 atom stereocenters. The van der Waals surface area contributed by atoms with Gasteiger partial charge in [-0.15, -0.1) is 0 Å². The lowest BCUT2D eigenvalue weighted by atomic mass is 9.53. The monoisotopic (exact) mass is 430 g/mol. The van der Waals surface area contributed by atoms with Crippen molar-refractivity contribution in [3.8, 4) is 5.75 Å². The van der Waals surface area contributed by atoms with Gasteiger partial charge in [0.15, 0.2) is 0 Å². The van der Waals surface area contributed by atoms with Crippen molar-refractivity contribution in [1.82, 2.24) is 0 Å². The minimum absolute atomic E-state index is 0.00355. The SMILES string of the molecule is CC(C)CCC[C@@]12CC[C@]3(Cc4ccccc4)C(=C1C[C@H](O)C2)CCc1cc(O)ccc13. The number of aliphatic hydroxyl groups is 1. The summed E-state index contributed by atoms with van der Waals surface area (Å²) < 4.78 is 0. The summed E-state index contributed by atoms with van der Waals surface area (Å²) in [5, 5.41) is 21.0. The number of phenols is 1. The van der Waals surface area contributed by atoms with Gasteiger partial charge < -0.3 is 10.2 Å². The average molecular weight is 431 g/mol. The Morgan fingerprint density at radius 1 is 1.00 bits per heavy atom. The van der Waals surface area contributed by atoms with Gasteiger partial charge in [-0.3, -0.25) is 0 Å². The van der Waals surface area contributed by atoms with Crippen LogP contribution in [-0.4, -0.2) is 16.3 Å². The van der Waals surface area contributed by atoms with Crippen molar-refractivity contribution >= 4 is 0 Å². The molecule has 0 spiro atoms. The van der Waals surface area contributed by atoms with Crippen LogP contribution in [0.3, 0.4) is 0 Å². The molecule has 3 aliphatic rings. The second-order valence-corrected chi connectivity index (χ2v) is 11.2. The van der Waals surface area contributed by atoms with Crippen molar-refractivity contribution in [2.75, 3.05) is 0 Å². The van der Waals surface area contributed by atoms with Crippen LogP contribution in [0.4, 0.5) is 0 Å². The molecule has 0 aromatic heterocycles. The molecule has 2 nitrogen and oxygen atoms in total. The van der Waals surface area contributed by atoms with E-state index in [0.717, 1.165) is 44.4 Å². The van der Waals surface area contributed by atoms with Crippen molar-refractivity contribution in [2.45, 2.75) is 89.6 Å². The van der Waals surface area contributed by atoms with Crippen LogP contribution in [0.25, 0.3) is 0 Å². The third-order valence-corrected chi connectivity index (χ3v) is 8.71. The van der Waals surface area contributed by atoms with Crippen LogP contribution in [0, 0.1) is 11.3 Å². The van der Waals surface area contributed by atoms with Crippen molar-refractivity contribution < 1.29 is 10.2 Å². The molecule has 0 saturated heterocycles. The first-order valence-electron chi connectivity index (χ1n) is 12.7. The van der Waals surface area contributed by atoms with Crippen LogP contribution in [0.1, 0.15) is 81.9 Å². The maximum atomic E-state index is 10.9. The topological polar surface area (TPSA) is 40.5 Å². The van der Waals surface area contributed by atoms with Crippen LogP contribution >= 0.6 is 0 Å². The molecule has 2 aromatic rings. The maximum Gasteiger partial charge on any atom is 0.115 e. The molecule has 0 radical (unpaired) electrons. The molecule has 0 amide bonds. The number of hydrogen-bond acceptors (Lipinski definition) is 2. The summed E-state index contributed by atoms with van der Waals surface area (Å²) in [5.41, 5.74) is 7.57. The molecule has 0 aliphatic heterocycles. The number of benzene rings is 2. The number of aliphatic hydroxyl groups excluding tert-OH is 1. The van der Waals surface area contributed by atoms with Gasteiger partial charge in [-0.05, 0) is 91.5 Å². The minimum Gasteiger partial charge on any atom is -0.508 e. The van der Waals surface area contributed by atoms with Gasteiger partial charge in [0.05, 0.1) is 6.10 Å². The highest BCUT2D eigenvalue weighted by molar-refractivity contribution is 5.54. The number of hydrogen-bond donors (Lipinski definition) is 2. The predicted octanol–water partition coefficient (Wildman–Crippen LogP) is 6.88. The second kappa shape index (κ2) is 8.37. The third kappa shape index (κ3) is 3.71. The van der Waals surface area contributed by atoms with E-state index in [2.05, 4.69) is 50.2 Å². The standard InChI is InChI=1S/C30H38O2/c1-21(2)7-6-14-29-15-16-30(19-22-8-4-3-5-9-22)26-13-11-24(31)17-23(26)10-12-27(30)28(29)18-25(32)20-29/h3-5,8-9,11,13,17,21,25,31-32H,6-7,10,12,14-16,18-20H2,1-2H3/t25-,29-,30+/m0/s1. The molecule has 32 heavy (non-hydrogen) atoms. The number of aryl methyl sites for hydroxylation is 1. The van der Waals surface area contributed by atoms with E-state index in [1.165, 1.54) is 42.4 Å². The Hall–Kier alpha value is -2.06. The summed E-state index contributed by atoms with van der Waals surface area (Å²) in [4.78, 5) is 0. The average Bonchev–Trinajstić information content (AvgIpc) is 3.10. The number of fused-ring (bicyclic) bond motifs is 4. The zero-order valence-electron chi connectivity index (χ0n) is 19.7. The zero-order valence-corrected chi connectivity index (χ0v) is 19.7. The van der Waals surface area contributed by atoms with Gasteiger partial charge in [0.2, 0.25) is 0 Å². The first-order chi connectivity index (χ1) is 15.4. The molecule has 2 heteroatoms. The highest BCUT2D eigenvalue weighted by Gasteiger charge is 2.53. The van der Waals surface area contributed by atoms with Gasteiger partial charge in [-0.1, -0.05) is 74.2 Å². The van der Waals surface area contributed by atoms with E-state index >= 15 is 0 Å². The highest BCUT2D eigenvalue weighted by atomic mass is 16.3. The van der Waals surface area contributed by atoms with E-state index in [0.29, 0.717) is 5.75 Å². The number of allylic oxidation sites excluding steroid dienone is 1. The van der Waals surface area contributed by atoms with E-state index in [1.807, 2.05) is 12.1 Å². The molecule has 5 rings (SSSR count). The van der Waals surface area contributed by atoms with Crippen LogP contribution in [0.2, 0.25) is 0 Å². The van der Waals surface area contributed by atoms with Gasteiger partial charge >= 0.3 is 0 Å². The summed E-state index contributed by atoms with van der Waals surface area (Å²) >= 11 is 0. The fraction of sp³-hybridized carbons (Fsp3) is 0.533. The van der Waals surface area contributed by atoms with E-state index in [1.54, 1.807) is 11.1 Å². The molecule has 2 aromatic carbocycles.